The summed E-state index contributed by atoms with van der Waals surface area (Å²) in [7, 11) is 0. The van der Waals surface area contributed by atoms with E-state index in [-0.39, 0.29) is 23.3 Å². The van der Waals surface area contributed by atoms with Crippen molar-refractivity contribution in [2.45, 2.75) is 65.6 Å². The quantitative estimate of drug-likeness (QED) is 0.558. The summed E-state index contributed by atoms with van der Waals surface area (Å²) in [6.45, 7) is 11.0. The smallest absolute Gasteiger partial charge is 0.329 e. The molecule has 2 atom stereocenters. The van der Waals surface area contributed by atoms with E-state index in [0.29, 0.717) is 6.42 Å². The number of imidazole rings is 1. The molecule has 3 N–H and O–H groups in total. The fourth-order valence-corrected chi connectivity index (χ4v) is 3.02. The number of aromatic amines is 1. The number of nitrogens with zero attached hydrogens (tertiary/aromatic N) is 1. The molecule has 1 heterocycles. The third kappa shape index (κ3) is 7.24. The summed E-state index contributed by atoms with van der Waals surface area (Å²) in [4.78, 5) is 44.9. The maximum atomic E-state index is 12.9. The minimum absolute atomic E-state index is 0.00456. The van der Waals surface area contributed by atoms with E-state index in [1.807, 2.05) is 51.1 Å². The lowest BCUT2D eigenvalue weighted by Gasteiger charge is -2.25. The predicted molar refractivity (Wildman–Crippen MR) is 117 cm³/mol. The van der Waals surface area contributed by atoms with Crippen LogP contribution in [0.5, 0.6) is 0 Å². The van der Waals surface area contributed by atoms with Gasteiger partial charge in [0.2, 0.25) is 0 Å². The maximum absolute atomic E-state index is 12.9. The van der Waals surface area contributed by atoms with Crippen LogP contribution < -0.4 is 10.6 Å². The highest BCUT2D eigenvalue weighted by Gasteiger charge is 2.30. The van der Waals surface area contributed by atoms with Crippen LogP contribution in [0.2, 0.25) is 0 Å². The van der Waals surface area contributed by atoms with Crippen molar-refractivity contribution in [1.29, 1.82) is 0 Å². The van der Waals surface area contributed by atoms with E-state index in [0.717, 1.165) is 5.56 Å². The fourth-order valence-electron chi connectivity index (χ4n) is 3.02. The van der Waals surface area contributed by atoms with Gasteiger partial charge in [0.15, 0.2) is 5.69 Å². The van der Waals surface area contributed by atoms with E-state index in [9.17, 15) is 14.4 Å². The summed E-state index contributed by atoms with van der Waals surface area (Å²) in [5.41, 5.74) is 0.214. The van der Waals surface area contributed by atoms with Crippen molar-refractivity contribution in [1.82, 2.24) is 20.6 Å². The number of hydrogen-bond acceptors (Lipinski definition) is 5. The Morgan fingerprint density at radius 1 is 1.03 bits per heavy atom. The van der Waals surface area contributed by atoms with Gasteiger partial charge in [0.1, 0.15) is 17.3 Å². The number of rotatable bonds is 8. The SMILES string of the molecule is CC(C)C[C@H](NC(=O)c1[nH]cnc1C(=O)N[C@@H](C)c1ccccc1)C(=O)OC(C)(C)C. The molecule has 8 heteroatoms. The lowest BCUT2D eigenvalue weighted by Crippen LogP contribution is -2.45. The van der Waals surface area contributed by atoms with Gasteiger partial charge in [0.25, 0.3) is 11.8 Å². The minimum atomic E-state index is -0.839. The second-order valence-electron chi connectivity index (χ2n) is 8.92. The summed E-state index contributed by atoms with van der Waals surface area (Å²) in [5.74, 6) is -1.45. The lowest BCUT2D eigenvalue weighted by molar-refractivity contribution is -0.157. The Kier molecular flexibility index (Phi) is 7.96. The van der Waals surface area contributed by atoms with Crippen LogP contribution >= 0.6 is 0 Å². The summed E-state index contributed by atoms with van der Waals surface area (Å²) < 4.78 is 5.44. The Labute approximate surface area is 183 Å². The highest BCUT2D eigenvalue weighted by molar-refractivity contribution is 6.05. The fraction of sp³-hybridized carbons (Fsp3) is 0.478. The van der Waals surface area contributed by atoms with E-state index < -0.39 is 29.4 Å². The van der Waals surface area contributed by atoms with Gasteiger partial charge in [-0.05, 0) is 45.6 Å². The Bertz CT molecular complexity index is 900. The second-order valence-corrected chi connectivity index (χ2v) is 8.92. The van der Waals surface area contributed by atoms with Crippen molar-refractivity contribution >= 4 is 17.8 Å². The Morgan fingerprint density at radius 2 is 1.68 bits per heavy atom. The molecule has 2 amide bonds. The van der Waals surface area contributed by atoms with Crippen LogP contribution in [0.25, 0.3) is 0 Å². The number of ether oxygens (including phenoxy) is 1. The van der Waals surface area contributed by atoms with Crippen LogP contribution in [0.3, 0.4) is 0 Å². The van der Waals surface area contributed by atoms with E-state index in [1.54, 1.807) is 20.8 Å². The number of carbonyl (C=O) groups excluding carboxylic acids is 3. The number of carbonyl (C=O) groups is 3. The zero-order valence-corrected chi connectivity index (χ0v) is 19.0. The van der Waals surface area contributed by atoms with E-state index in [2.05, 4.69) is 20.6 Å². The molecular weight excluding hydrogens is 396 g/mol. The van der Waals surface area contributed by atoms with E-state index >= 15 is 0 Å². The molecule has 2 aromatic rings. The number of benzene rings is 1. The van der Waals surface area contributed by atoms with Gasteiger partial charge in [0, 0.05) is 0 Å². The number of hydrogen-bond donors (Lipinski definition) is 3. The van der Waals surface area contributed by atoms with Gasteiger partial charge >= 0.3 is 5.97 Å². The van der Waals surface area contributed by atoms with E-state index in [1.165, 1.54) is 6.33 Å². The average molecular weight is 429 g/mol. The normalized spacial score (nSPS) is 13.4. The molecule has 0 unspecified atom stereocenters. The highest BCUT2D eigenvalue weighted by atomic mass is 16.6. The zero-order valence-electron chi connectivity index (χ0n) is 19.0. The number of aromatic nitrogens is 2. The molecule has 1 aromatic heterocycles. The molecular formula is C23H32N4O4. The van der Waals surface area contributed by atoms with Crippen LogP contribution in [-0.2, 0) is 9.53 Å². The Hall–Kier alpha value is -3.16. The van der Waals surface area contributed by atoms with Crippen molar-refractivity contribution in [2.24, 2.45) is 5.92 Å². The molecule has 1 aromatic carbocycles. The van der Waals surface area contributed by atoms with Crippen LogP contribution in [0.4, 0.5) is 0 Å². The second kappa shape index (κ2) is 10.2. The molecule has 8 nitrogen and oxygen atoms in total. The van der Waals surface area contributed by atoms with Gasteiger partial charge in [-0.25, -0.2) is 9.78 Å². The van der Waals surface area contributed by atoms with Gasteiger partial charge in [-0.2, -0.15) is 0 Å². The molecule has 2 rings (SSSR count). The first-order chi connectivity index (χ1) is 14.5. The molecule has 0 aliphatic rings. The molecule has 0 aliphatic carbocycles. The molecule has 168 valence electrons. The molecule has 0 bridgehead atoms. The van der Waals surface area contributed by atoms with Crippen molar-refractivity contribution in [3.8, 4) is 0 Å². The van der Waals surface area contributed by atoms with Crippen molar-refractivity contribution in [2.75, 3.05) is 0 Å². The number of H-pyrrole nitrogens is 1. The van der Waals surface area contributed by atoms with Crippen LogP contribution in [-0.4, -0.2) is 39.4 Å². The molecule has 0 aliphatic heterocycles. The monoisotopic (exact) mass is 428 g/mol. The Balaban J connectivity index is 2.13. The first-order valence-corrected chi connectivity index (χ1v) is 10.4. The lowest BCUT2D eigenvalue weighted by atomic mass is 10.0. The van der Waals surface area contributed by atoms with Crippen molar-refractivity contribution in [3.05, 3.63) is 53.6 Å². The standard InChI is InChI=1S/C23H32N4O4/c1-14(2)12-17(22(30)31-23(4,5)6)27-21(29)19-18(24-13-25-19)20(28)26-15(3)16-10-8-7-9-11-16/h7-11,13-15,17H,12H2,1-6H3,(H,24,25)(H,26,28)(H,27,29)/t15-,17-/m0/s1. The van der Waals surface area contributed by atoms with Crippen LogP contribution in [0, 0.1) is 5.92 Å². The van der Waals surface area contributed by atoms with Crippen molar-refractivity contribution in [3.63, 3.8) is 0 Å². The van der Waals surface area contributed by atoms with Crippen LogP contribution in [0.15, 0.2) is 36.7 Å². The molecule has 0 saturated heterocycles. The largest absolute Gasteiger partial charge is 0.458 e. The highest BCUT2D eigenvalue weighted by Crippen LogP contribution is 2.15. The van der Waals surface area contributed by atoms with Gasteiger partial charge in [0.05, 0.1) is 12.4 Å². The van der Waals surface area contributed by atoms with Gasteiger partial charge in [-0.3, -0.25) is 9.59 Å². The first kappa shape index (κ1) is 24.1. The topological polar surface area (TPSA) is 113 Å². The number of esters is 1. The summed E-state index contributed by atoms with van der Waals surface area (Å²) >= 11 is 0. The van der Waals surface area contributed by atoms with Crippen LogP contribution in [0.1, 0.15) is 80.5 Å². The Morgan fingerprint density at radius 3 is 2.26 bits per heavy atom. The minimum Gasteiger partial charge on any atom is -0.458 e. The molecule has 0 fully saturated rings. The molecule has 0 radical (unpaired) electrons. The number of amides is 2. The summed E-state index contributed by atoms with van der Waals surface area (Å²) in [6, 6.07) is 8.37. The summed E-state index contributed by atoms with van der Waals surface area (Å²) in [5, 5.41) is 5.53. The third-order valence-corrected chi connectivity index (χ3v) is 4.43. The molecule has 0 spiro atoms. The molecule has 0 saturated carbocycles. The maximum Gasteiger partial charge on any atom is 0.329 e. The average Bonchev–Trinajstić information content (AvgIpc) is 3.16. The van der Waals surface area contributed by atoms with Gasteiger partial charge < -0.3 is 20.4 Å². The zero-order chi connectivity index (χ0) is 23.2. The predicted octanol–water partition coefficient (Wildman–Crippen LogP) is 3.39. The van der Waals surface area contributed by atoms with E-state index in [4.69, 9.17) is 4.74 Å². The number of nitrogens with one attached hydrogen (secondary N) is 3. The third-order valence-electron chi connectivity index (χ3n) is 4.43. The van der Waals surface area contributed by atoms with Gasteiger partial charge in [-0.1, -0.05) is 44.2 Å². The molecule has 31 heavy (non-hydrogen) atoms. The van der Waals surface area contributed by atoms with Gasteiger partial charge in [-0.15, -0.1) is 0 Å². The first-order valence-electron chi connectivity index (χ1n) is 10.4. The van der Waals surface area contributed by atoms with Crippen molar-refractivity contribution < 1.29 is 19.1 Å². The summed E-state index contributed by atoms with van der Waals surface area (Å²) in [6.07, 6.45) is 1.68.